The smallest absolute Gasteiger partial charge is 0.229 e. The van der Waals surface area contributed by atoms with E-state index in [9.17, 15) is 15.3 Å². The molecule has 4 aromatic rings. The molecule has 0 bridgehead atoms. The summed E-state index contributed by atoms with van der Waals surface area (Å²) in [6.45, 7) is 7.12. The standard InChI is InChI=1S/C25H29N7O3S/c1-12-7-14(8-13(2)28-12)29-24-27-10-15(23-31-18-11-26-6-5-19(18)36-23)22(32-24)30-17-9-16(25(3,4)35)20(33)21(17)34/h5-8,10-11,16-17,20-21,33-35H,9H2,1-4H3,(H2,27,28,29,30,32)/t16-,17-,20-,21+/m1/s1. The van der Waals surface area contributed by atoms with Crippen LogP contribution in [0.1, 0.15) is 31.7 Å². The van der Waals surface area contributed by atoms with Gasteiger partial charge in [-0.25, -0.2) is 9.97 Å². The van der Waals surface area contributed by atoms with Crippen molar-refractivity contribution in [2.45, 2.75) is 58.0 Å². The van der Waals surface area contributed by atoms with Gasteiger partial charge in [0.1, 0.15) is 22.4 Å². The van der Waals surface area contributed by atoms with Gasteiger partial charge in [-0.15, -0.1) is 11.3 Å². The highest BCUT2D eigenvalue weighted by Gasteiger charge is 2.47. The summed E-state index contributed by atoms with van der Waals surface area (Å²) in [5, 5.41) is 39.1. The maximum atomic E-state index is 10.8. The number of hydrogen-bond acceptors (Lipinski definition) is 11. The van der Waals surface area contributed by atoms with E-state index in [1.165, 1.54) is 11.3 Å². The second-order valence-corrected chi connectivity index (χ2v) is 10.8. The number of rotatable bonds is 6. The van der Waals surface area contributed by atoms with Crippen molar-refractivity contribution in [1.29, 1.82) is 0 Å². The van der Waals surface area contributed by atoms with Gasteiger partial charge in [0.2, 0.25) is 5.95 Å². The number of aromatic nitrogens is 5. The van der Waals surface area contributed by atoms with Gasteiger partial charge >= 0.3 is 0 Å². The summed E-state index contributed by atoms with van der Waals surface area (Å²) in [5.41, 5.74) is 2.84. The van der Waals surface area contributed by atoms with Crippen molar-refractivity contribution >= 4 is 39.0 Å². The van der Waals surface area contributed by atoms with Gasteiger partial charge < -0.3 is 26.0 Å². The molecule has 0 radical (unpaired) electrons. The number of pyridine rings is 2. The van der Waals surface area contributed by atoms with Gasteiger partial charge in [0, 0.05) is 35.4 Å². The number of anilines is 3. The van der Waals surface area contributed by atoms with E-state index in [1.807, 2.05) is 32.0 Å². The molecule has 10 nitrogen and oxygen atoms in total. The lowest BCUT2D eigenvalue weighted by atomic mass is 9.88. The Labute approximate surface area is 212 Å². The Morgan fingerprint density at radius 1 is 1.03 bits per heavy atom. The number of nitrogens with zero attached hydrogens (tertiary/aromatic N) is 5. The maximum Gasteiger partial charge on any atom is 0.229 e. The van der Waals surface area contributed by atoms with Gasteiger partial charge in [0.05, 0.1) is 34.2 Å². The number of aliphatic hydroxyl groups excluding tert-OH is 2. The van der Waals surface area contributed by atoms with Gasteiger partial charge in [-0.3, -0.25) is 9.97 Å². The van der Waals surface area contributed by atoms with Crippen LogP contribution in [0.2, 0.25) is 0 Å². The Morgan fingerprint density at radius 3 is 2.44 bits per heavy atom. The maximum absolute atomic E-state index is 10.8. The molecule has 0 amide bonds. The number of aryl methyl sites for hydroxylation is 2. The van der Waals surface area contributed by atoms with Crippen LogP contribution < -0.4 is 10.6 Å². The van der Waals surface area contributed by atoms with E-state index in [4.69, 9.17) is 9.97 Å². The molecule has 1 saturated carbocycles. The van der Waals surface area contributed by atoms with E-state index in [0.29, 0.717) is 28.8 Å². The first kappa shape index (κ1) is 24.4. The van der Waals surface area contributed by atoms with E-state index >= 15 is 0 Å². The second-order valence-electron chi connectivity index (χ2n) is 9.81. The fraction of sp³-hybridized carbons (Fsp3) is 0.400. The molecule has 36 heavy (non-hydrogen) atoms. The van der Waals surface area contributed by atoms with Crippen LogP contribution in [0.3, 0.4) is 0 Å². The average Bonchev–Trinajstić information content (AvgIpc) is 3.35. The first-order chi connectivity index (χ1) is 17.1. The molecule has 188 valence electrons. The highest BCUT2D eigenvalue weighted by molar-refractivity contribution is 7.21. The molecule has 4 heterocycles. The fourth-order valence-corrected chi connectivity index (χ4v) is 5.64. The van der Waals surface area contributed by atoms with Crippen molar-refractivity contribution in [2.75, 3.05) is 10.6 Å². The summed E-state index contributed by atoms with van der Waals surface area (Å²) < 4.78 is 0.981. The highest BCUT2D eigenvalue weighted by Crippen LogP contribution is 2.39. The van der Waals surface area contributed by atoms with Crippen LogP contribution in [0.5, 0.6) is 0 Å². The largest absolute Gasteiger partial charge is 0.390 e. The lowest BCUT2D eigenvalue weighted by molar-refractivity contribution is -0.0601. The van der Waals surface area contributed by atoms with Gasteiger partial charge in [-0.2, -0.15) is 4.98 Å². The molecule has 1 aliphatic carbocycles. The molecular formula is C25H29N7O3S. The van der Waals surface area contributed by atoms with Crippen molar-refractivity contribution in [3.63, 3.8) is 0 Å². The van der Waals surface area contributed by atoms with Gasteiger partial charge in [0.15, 0.2) is 0 Å². The van der Waals surface area contributed by atoms with Crippen molar-refractivity contribution in [2.24, 2.45) is 5.92 Å². The van der Waals surface area contributed by atoms with Crippen LogP contribution in [-0.4, -0.2) is 64.1 Å². The predicted octanol–water partition coefficient (Wildman–Crippen LogP) is 3.20. The third-order valence-electron chi connectivity index (χ3n) is 6.46. The zero-order valence-corrected chi connectivity index (χ0v) is 21.3. The molecule has 1 aliphatic rings. The van der Waals surface area contributed by atoms with Crippen LogP contribution >= 0.6 is 11.3 Å². The van der Waals surface area contributed by atoms with E-state index in [2.05, 4.69) is 25.6 Å². The predicted molar refractivity (Wildman–Crippen MR) is 139 cm³/mol. The molecule has 0 aromatic carbocycles. The Balaban J connectivity index is 1.52. The minimum absolute atomic E-state index is 0.362. The fourth-order valence-electron chi connectivity index (χ4n) is 4.69. The SMILES string of the molecule is Cc1cc(Nc2ncc(-c3nc4cnccc4s3)c(N[C@@H]3C[C@@H](C(C)(C)O)[C@@H](O)[C@H]3O)n2)cc(C)n1. The monoisotopic (exact) mass is 507 g/mol. The lowest BCUT2D eigenvalue weighted by Crippen LogP contribution is -2.40. The Hall–Kier alpha value is -3.25. The number of nitrogens with one attached hydrogen (secondary N) is 2. The first-order valence-electron chi connectivity index (χ1n) is 11.7. The molecule has 4 aromatic heterocycles. The lowest BCUT2D eigenvalue weighted by Gasteiger charge is -2.28. The van der Waals surface area contributed by atoms with Crippen LogP contribution in [0.4, 0.5) is 17.5 Å². The normalized spacial score (nSPS) is 22.2. The number of aliphatic hydroxyl groups is 3. The van der Waals surface area contributed by atoms with Crippen LogP contribution in [0.15, 0.2) is 36.8 Å². The second kappa shape index (κ2) is 9.32. The van der Waals surface area contributed by atoms with Gasteiger partial charge in [-0.1, -0.05) is 0 Å². The van der Waals surface area contributed by atoms with Crippen molar-refractivity contribution in [3.05, 3.63) is 48.2 Å². The van der Waals surface area contributed by atoms with Crippen LogP contribution in [-0.2, 0) is 0 Å². The summed E-state index contributed by atoms with van der Waals surface area (Å²) in [7, 11) is 0. The van der Waals surface area contributed by atoms with Crippen molar-refractivity contribution in [3.8, 4) is 10.6 Å². The molecule has 0 unspecified atom stereocenters. The summed E-state index contributed by atoms with van der Waals surface area (Å²) in [6.07, 6.45) is 3.34. The highest BCUT2D eigenvalue weighted by atomic mass is 32.1. The zero-order valence-electron chi connectivity index (χ0n) is 20.5. The number of fused-ring (bicyclic) bond motifs is 1. The quantitative estimate of drug-likeness (QED) is 0.263. The molecule has 0 aliphatic heterocycles. The zero-order chi connectivity index (χ0) is 25.6. The number of hydrogen-bond donors (Lipinski definition) is 5. The minimum atomic E-state index is -1.14. The molecule has 4 atom stereocenters. The molecule has 0 saturated heterocycles. The van der Waals surface area contributed by atoms with E-state index in [1.54, 1.807) is 32.4 Å². The molecule has 1 fully saturated rings. The third-order valence-corrected chi connectivity index (χ3v) is 7.53. The van der Waals surface area contributed by atoms with Crippen molar-refractivity contribution < 1.29 is 15.3 Å². The Bertz CT molecular complexity index is 1350. The van der Waals surface area contributed by atoms with Crippen LogP contribution in [0.25, 0.3) is 20.8 Å². The number of thiazole rings is 1. The Kier molecular flexibility index (Phi) is 6.33. The molecule has 5 N–H and O–H groups in total. The first-order valence-corrected chi connectivity index (χ1v) is 12.6. The van der Waals surface area contributed by atoms with Gasteiger partial charge in [0.25, 0.3) is 0 Å². The Morgan fingerprint density at radius 2 is 1.78 bits per heavy atom. The minimum Gasteiger partial charge on any atom is -0.390 e. The summed E-state index contributed by atoms with van der Waals surface area (Å²) in [5.74, 6) is 0.333. The summed E-state index contributed by atoms with van der Waals surface area (Å²) >= 11 is 1.49. The third kappa shape index (κ3) is 4.87. The topological polar surface area (TPSA) is 149 Å². The van der Waals surface area contributed by atoms with E-state index < -0.39 is 29.8 Å². The molecule has 11 heteroatoms. The van der Waals surface area contributed by atoms with E-state index in [0.717, 1.165) is 27.3 Å². The van der Waals surface area contributed by atoms with Crippen molar-refractivity contribution in [1.82, 2.24) is 24.9 Å². The molecule has 5 rings (SSSR count). The van der Waals surface area contributed by atoms with Gasteiger partial charge in [-0.05, 0) is 52.3 Å². The summed E-state index contributed by atoms with van der Waals surface area (Å²) in [4.78, 5) is 22.5. The summed E-state index contributed by atoms with van der Waals surface area (Å²) in [6, 6.07) is 5.19. The van der Waals surface area contributed by atoms with Crippen LogP contribution in [0, 0.1) is 19.8 Å². The van der Waals surface area contributed by atoms with E-state index in [-0.39, 0.29) is 0 Å². The average molecular weight is 508 g/mol. The molecular weight excluding hydrogens is 478 g/mol. The molecule has 0 spiro atoms.